The van der Waals surface area contributed by atoms with Gasteiger partial charge in [0.25, 0.3) is 0 Å². The van der Waals surface area contributed by atoms with Crippen LogP contribution in [0.25, 0.3) is 0 Å². The smallest absolute Gasteiger partial charge is 0.126 e. The fourth-order valence-corrected chi connectivity index (χ4v) is 1.22. The molecule has 0 spiro atoms. The van der Waals surface area contributed by atoms with Gasteiger partial charge in [0.05, 0.1) is 6.04 Å². The van der Waals surface area contributed by atoms with Crippen LogP contribution in [0.1, 0.15) is 32.4 Å². The van der Waals surface area contributed by atoms with E-state index in [1.54, 1.807) is 0 Å². The number of aryl methyl sites for hydroxylation is 1. The van der Waals surface area contributed by atoms with E-state index in [0.29, 0.717) is 0 Å². The molecular weight excluding hydrogens is 160 g/mol. The molecular formula is C11H17N2. The van der Waals surface area contributed by atoms with Gasteiger partial charge in [-0.15, -0.1) is 0 Å². The van der Waals surface area contributed by atoms with E-state index in [4.69, 9.17) is 0 Å². The van der Waals surface area contributed by atoms with E-state index in [1.807, 2.05) is 25.1 Å². The minimum absolute atomic E-state index is 0.957. The van der Waals surface area contributed by atoms with Gasteiger partial charge in [-0.05, 0) is 31.9 Å². The predicted octanol–water partition coefficient (Wildman–Crippen LogP) is 3.15. The maximum absolute atomic E-state index is 4.38. The number of hydrogen-bond acceptors (Lipinski definition) is 2. The van der Waals surface area contributed by atoms with Gasteiger partial charge in [0, 0.05) is 5.69 Å². The highest BCUT2D eigenvalue weighted by Crippen LogP contribution is 2.14. The molecule has 0 aliphatic carbocycles. The molecule has 0 saturated carbocycles. The van der Waals surface area contributed by atoms with E-state index in [0.717, 1.165) is 24.4 Å². The van der Waals surface area contributed by atoms with E-state index in [-0.39, 0.29) is 0 Å². The Balaban J connectivity index is 2.62. The average molecular weight is 177 g/mol. The summed E-state index contributed by atoms with van der Waals surface area (Å²) in [5, 5.41) is 3.32. The van der Waals surface area contributed by atoms with Crippen molar-refractivity contribution in [1.29, 1.82) is 0 Å². The highest BCUT2D eigenvalue weighted by Gasteiger charge is 2.03. The molecule has 0 amide bonds. The van der Waals surface area contributed by atoms with E-state index in [1.165, 1.54) is 6.04 Å². The summed E-state index contributed by atoms with van der Waals surface area (Å²) >= 11 is 0. The van der Waals surface area contributed by atoms with Crippen molar-refractivity contribution in [3.05, 3.63) is 29.9 Å². The van der Waals surface area contributed by atoms with Crippen molar-refractivity contribution in [2.75, 3.05) is 5.32 Å². The van der Waals surface area contributed by atoms with E-state index in [9.17, 15) is 0 Å². The Hall–Kier alpha value is -1.05. The Labute approximate surface area is 80.4 Å². The van der Waals surface area contributed by atoms with Crippen LogP contribution in [0.5, 0.6) is 0 Å². The monoisotopic (exact) mass is 177 g/mol. The topological polar surface area (TPSA) is 24.9 Å². The molecule has 1 heterocycles. The molecule has 0 atom stereocenters. The second kappa shape index (κ2) is 4.85. The Morgan fingerprint density at radius 1 is 1.31 bits per heavy atom. The first-order chi connectivity index (χ1) is 6.26. The van der Waals surface area contributed by atoms with Crippen molar-refractivity contribution in [3.63, 3.8) is 0 Å². The summed E-state index contributed by atoms with van der Waals surface area (Å²) in [6.07, 6.45) is 2.12. The first-order valence-corrected chi connectivity index (χ1v) is 4.81. The average Bonchev–Trinajstić information content (AvgIpc) is 2.14. The van der Waals surface area contributed by atoms with Crippen molar-refractivity contribution >= 4 is 5.82 Å². The third kappa shape index (κ3) is 3.05. The summed E-state index contributed by atoms with van der Waals surface area (Å²) in [5.74, 6) is 0.957. The maximum atomic E-state index is 4.38. The van der Waals surface area contributed by atoms with Crippen LogP contribution in [0.15, 0.2) is 18.2 Å². The lowest BCUT2D eigenvalue weighted by atomic mass is 10.2. The van der Waals surface area contributed by atoms with Gasteiger partial charge in [-0.1, -0.05) is 19.9 Å². The van der Waals surface area contributed by atoms with Gasteiger partial charge in [0.1, 0.15) is 5.82 Å². The molecule has 71 valence electrons. The number of nitrogens with one attached hydrogen (secondary N) is 1. The van der Waals surface area contributed by atoms with Crippen molar-refractivity contribution in [3.8, 4) is 0 Å². The summed E-state index contributed by atoms with van der Waals surface area (Å²) in [6.45, 7) is 6.31. The lowest BCUT2D eigenvalue weighted by molar-refractivity contribution is 0.824. The molecule has 1 radical (unpaired) electrons. The van der Waals surface area contributed by atoms with E-state index >= 15 is 0 Å². The molecule has 0 bridgehead atoms. The number of anilines is 1. The van der Waals surface area contributed by atoms with Gasteiger partial charge in [0.15, 0.2) is 0 Å². The molecule has 13 heavy (non-hydrogen) atoms. The number of nitrogens with zero attached hydrogens (tertiary/aromatic N) is 1. The largest absolute Gasteiger partial charge is 0.362 e. The Morgan fingerprint density at radius 3 is 2.54 bits per heavy atom. The molecule has 2 nitrogen and oxygen atoms in total. The third-order valence-corrected chi connectivity index (χ3v) is 2.05. The van der Waals surface area contributed by atoms with Crippen LogP contribution in [0.3, 0.4) is 0 Å². The zero-order chi connectivity index (χ0) is 9.68. The third-order valence-electron chi connectivity index (χ3n) is 2.05. The molecule has 1 rings (SSSR count). The fraction of sp³-hybridized carbons (Fsp3) is 0.455. The molecule has 2 heteroatoms. The van der Waals surface area contributed by atoms with Crippen LogP contribution < -0.4 is 5.32 Å². The second-order valence-electron chi connectivity index (χ2n) is 3.10. The summed E-state index contributed by atoms with van der Waals surface area (Å²) in [7, 11) is 0. The first kappa shape index (κ1) is 10.0. The van der Waals surface area contributed by atoms with Gasteiger partial charge in [0.2, 0.25) is 0 Å². The molecule has 0 unspecified atom stereocenters. The zero-order valence-corrected chi connectivity index (χ0v) is 8.59. The molecule has 1 aromatic heterocycles. The van der Waals surface area contributed by atoms with Crippen LogP contribution in [0, 0.1) is 13.0 Å². The molecule has 0 aromatic carbocycles. The molecule has 1 aromatic rings. The first-order valence-electron chi connectivity index (χ1n) is 4.81. The SMILES string of the molecule is CC[C](CC)Nc1cccc(C)n1. The highest BCUT2D eigenvalue weighted by molar-refractivity contribution is 5.39. The lowest BCUT2D eigenvalue weighted by Gasteiger charge is -2.14. The molecule has 0 aliphatic heterocycles. The summed E-state index contributed by atoms with van der Waals surface area (Å²) < 4.78 is 0. The van der Waals surface area contributed by atoms with E-state index < -0.39 is 0 Å². The number of rotatable bonds is 4. The lowest BCUT2D eigenvalue weighted by Crippen LogP contribution is -2.08. The standard InChI is InChI=1S/C11H17N2/c1-4-10(5-2)13-11-8-6-7-9(3)12-11/h6-8H,4-5H2,1-3H3,(H,12,13). The van der Waals surface area contributed by atoms with Gasteiger partial charge in [-0.3, -0.25) is 0 Å². The van der Waals surface area contributed by atoms with Gasteiger partial charge < -0.3 is 5.32 Å². The Bertz CT molecular complexity index is 254. The summed E-state index contributed by atoms with van der Waals surface area (Å²) in [6, 6.07) is 7.35. The van der Waals surface area contributed by atoms with Crippen molar-refractivity contribution < 1.29 is 0 Å². The minimum atomic E-state index is 0.957. The van der Waals surface area contributed by atoms with Crippen molar-refractivity contribution in [2.45, 2.75) is 33.6 Å². The summed E-state index contributed by atoms with van der Waals surface area (Å²) in [4.78, 5) is 4.38. The van der Waals surface area contributed by atoms with Crippen LogP contribution in [-0.2, 0) is 0 Å². The molecule has 0 fully saturated rings. The zero-order valence-electron chi connectivity index (χ0n) is 8.59. The Morgan fingerprint density at radius 2 is 2.00 bits per heavy atom. The number of pyridine rings is 1. The van der Waals surface area contributed by atoms with Crippen LogP contribution >= 0.6 is 0 Å². The normalized spacial score (nSPS) is 10.5. The van der Waals surface area contributed by atoms with Crippen molar-refractivity contribution in [2.24, 2.45) is 0 Å². The molecule has 0 aliphatic rings. The van der Waals surface area contributed by atoms with Crippen molar-refractivity contribution in [1.82, 2.24) is 4.98 Å². The maximum Gasteiger partial charge on any atom is 0.126 e. The molecule has 0 saturated heterocycles. The minimum Gasteiger partial charge on any atom is -0.362 e. The van der Waals surface area contributed by atoms with Gasteiger partial charge >= 0.3 is 0 Å². The second-order valence-corrected chi connectivity index (χ2v) is 3.10. The summed E-state index contributed by atoms with van der Waals surface area (Å²) in [5.41, 5.74) is 1.05. The van der Waals surface area contributed by atoms with Crippen LogP contribution in [0.4, 0.5) is 5.82 Å². The Kier molecular flexibility index (Phi) is 3.74. The predicted molar refractivity (Wildman–Crippen MR) is 56.4 cm³/mol. The van der Waals surface area contributed by atoms with Gasteiger partial charge in [-0.2, -0.15) is 0 Å². The number of hydrogen-bond donors (Lipinski definition) is 1. The van der Waals surface area contributed by atoms with Crippen LogP contribution in [-0.4, -0.2) is 4.98 Å². The highest BCUT2D eigenvalue weighted by atomic mass is 15.0. The fourth-order valence-electron chi connectivity index (χ4n) is 1.22. The molecule has 1 N–H and O–H groups in total. The van der Waals surface area contributed by atoms with E-state index in [2.05, 4.69) is 24.1 Å². The number of aromatic nitrogens is 1. The van der Waals surface area contributed by atoms with Crippen LogP contribution in [0.2, 0.25) is 0 Å². The quantitative estimate of drug-likeness (QED) is 0.764. The van der Waals surface area contributed by atoms with Gasteiger partial charge in [-0.25, -0.2) is 4.98 Å².